The first-order valence-electron chi connectivity index (χ1n) is 12.7. The molecule has 10 heteroatoms. The van der Waals surface area contributed by atoms with Crippen molar-refractivity contribution in [1.82, 2.24) is 24.8 Å². The van der Waals surface area contributed by atoms with Gasteiger partial charge in [-0.15, -0.1) is 5.10 Å². The molecule has 4 heterocycles. The van der Waals surface area contributed by atoms with Gasteiger partial charge in [0, 0.05) is 55.8 Å². The van der Waals surface area contributed by atoms with E-state index in [4.69, 9.17) is 25.8 Å². The van der Waals surface area contributed by atoms with Gasteiger partial charge in [-0.1, -0.05) is 28.9 Å². The predicted molar refractivity (Wildman–Crippen MR) is 137 cm³/mol. The molecule has 2 fully saturated rings. The van der Waals surface area contributed by atoms with Crippen LogP contribution in [0.1, 0.15) is 34.5 Å². The number of hydrogen-bond acceptors (Lipinski definition) is 7. The van der Waals surface area contributed by atoms with Gasteiger partial charge in [0.05, 0.1) is 25.5 Å². The van der Waals surface area contributed by atoms with E-state index in [1.54, 1.807) is 30.0 Å². The molecule has 9 nitrogen and oxygen atoms in total. The van der Waals surface area contributed by atoms with Crippen molar-refractivity contribution in [3.63, 3.8) is 0 Å². The van der Waals surface area contributed by atoms with Gasteiger partial charge in [0.25, 0.3) is 5.91 Å². The maximum absolute atomic E-state index is 13.7. The van der Waals surface area contributed by atoms with E-state index in [-0.39, 0.29) is 11.9 Å². The number of ether oxygens (including phenoxy) is 3. The van der Waals surface area contributed by atoms with Crippen LogP contribution < -0.4 is 14.2 Å². The number of benzene rings is 2. The number of amides is 1. The zero-order chi connectivity index (χ0) is 25.4. The van der Waals surface area contributed by atoms with Gasteiger partial charge >= 0.3 is 0 Å². The Labute approximate surface area is 220 Å². The lowest BCUT2D eigenvalue weighted by molar-refractivity contribution is 0.0721. The minimum atomic E-state index is 0.00486. The SMILES string of the molecule is COc1cccc2c1OCc1cn(nn1)CCCOc1cc(Cl)ccc1C(=O)N1CC[C@H]3CN(C2)C[C@H]31. The maximum Gasteiger partial charge on any atom is 0.257 e. The number of carbonyl (C=O) groups is 1. The Morgan fingerprint density at radius 3 is 2.95 bits per heavy atom. The monoisotopic (exact) mass is 523 g/mol. The first kappa shape index (κ1) is 24.1. The first-order chi connectivity index (χ1) is 18.1. The van der Waals surface area contributed by atoms with Crippen LogP contribution in [0.3, 0.4) is 0 Å². The number of nitrogens with zero attached hydrogens (tertiary/aromatic N) is 5. The molecular formula is C27H30ClN5O4. The van der Waals surface area contributed by atoms with Gasteiger partial charge in [-0.3, -0.25) is 14.4 Å². The molecule has 3 aromatic rings. The van der Waals surface area contributed by atoms with E-state index in [0.29, 0.717) is 60.7 Å². The lowest BCUT2D eigenvalue weighted by Gasteiger charge is -2.26. The van der Waals surface area contributed by atoms with E-state index in [2.05, 4.69) is 21.3 Å². The Bertz CT molecular complexity index is 1300. The number of rotatable bonds is 1. The molecule has 0 spiro atoms. The number of para-hydroxylation sites is 1. The molecule has 0 radical (unpaired) electrons. The van der Waals surface area contributed by atoms with Crippen LogP contribution >= 0.6 is 11.6 Å². The summed E-state index contributed by atoms with van der Waals surface area (Å²) in [5.41, 5.74) is 2.36. The van der Waals surface area contributed by atoms with Crippen LogP contribution in [-0.2, 0) is 19.7 Å². The first-order valence-corrected chi connectivity index (χ1v) is 13.1. The summed E-state index contributed by atoms with van der Waals surface area (Å²) in [6.45, 7) is 4.56. The van der Waals surface area contributed by atoms with Crippen LogP contribution in [-0.4, -0.2) is 70.1 Å². The lowest BCUT2D eigenvalue weighted by atomic mass is 10.0. The molecule has 0 N–H and O–H groups in total. The molecule has 2 saturated heterocycles. The number of aromatic nitrogens is 3. The second-order valence-electron chi connectivity index (χ2n) is 9.86. The summed E-state index contributed by atoms with van der Waals surface area (Å²) in [4.78, 5) is 18.1. The van der Waals surface area contributed by atoms with Crippen LogP contribution in [0, 0.1) is 5.92 Å². The quantitative estimate of drug-likeness (QED) is 0.481. The van der Waals surface area contributed by atoms with E-state index in [9.17, 15) is 4.79 Å². The zero-order valence-corrected chi connectivity index (χ0v) is 21.6. The fourth-order valence-corrected chi connectivity index (χ4v) is 5.86. The van der Waals surface area contributed by atoms with Crippen molar-refractivity contribution >= 4 is 17.5 Å². The second kappa shape index (κ2) is 10.2. The van der Waals surface area contributed by atoms with E-state index < -0.39 is 0 Å². The summed E-state index contributed by atoms with van der Waals surface area (Å²) >= 11 is 6.27. The molecule has 1 unspecified atom stereocenters. The minimum Gasteiger partial charge on any atom is -0.493 e. The number of carbonyl (C=O) groups excluding carboxylic acids is 1. The third-order valence-corrected chi connectivity index (χ3v) is 7.71. The molecule has 194 valence electrons. The third-order valence-electron chi connectivity index (χ3n) is 7.47. The minimum absolute atomic E-state index is 0.00486. The Morgan fingerprint density at radius 2 is 2.05 bits per heavy atom. The summed E-state index contributed by atoms with van der Waals surface area (Å²) in [5.74, 6) is 2.39. The molecule has 6 rings (SSSR count). The van der Waals surface area contributed by atoms with Gasteiger partial charge in [0.2, 0.25) is 0 Å². The van der Waals surface area contributed by atoms with Crippen molar-refractivity contribution in [2.24, 2.45) is 5.92 Å². The number of fused-ring (bicyclic) bond motifs is 5. The molecular weight excluding hydrogens is 494 g/mol. The molecule has 2 aromatic carbocycles. The lowest BCUT2D eigenvalue weighted by Crippen LogP contribution is -2.39. The van der Waals surface area contributed by atoms with Crippen molar-refractivity contribution in [2.75, 3.05) is 33.4 Å². The molecule has 1 amide bonds. The van der Waals surface area contributed by atoms with Crippen LogP contribution in [0.5, 0.6) is 17.2 Å². The molecule has 3 aliphatic rings. The van der Waals surface area contributed by atoms with Crippen LogP contribution in [0.15, 0.2) is 42.6 Å². The van der Waals surface area contributed by atoms with Crippen molar-refractivity contribution < 1.29 is 19.0 Å². The van der Waals surface area contributed by atoms with Gasteiger partial charge in [-0.25, -0.2) is 0 Å². The van der Waals surface area contributed by atoms with E-state index in [0.717, 1.165) is 43.1 Å². The smallest absolute Gasteiger partial charge is 0.257 e. The average molecular weight is 524 g/mol. The fraction of sp³-hybridized carbons (Fsp3) is 0.444. The summed E-state index contributed by atoms with van der Waals surface area (Å²) in [7, 11) is 1.65. The molecule has 37 heavy (non-hydrogen) atoms. The highest BCUT2D eigenvalue weighted by molar-refractivity contribution is 6.30. The normalized spacial score (nSPS) is 23.7. The van der Waals surface area contributed by atoms with E-state index in [1.165, 1.54) is 0 Å². The number of aryl methyl sites for hydroxylation is 1. The summed E-state index contributed by atoms with van der Waals surface area (Å²) in [6.07, 6.45) is 3.57. The molecule has 0 aliphatic carbocycles. The highest BCUT2D eigenvalue weighted by atomic mass is 35.5. The zero-order valence-electron chi connectivity index (χ0n) is 20.8. The van der Waals surface area contributed by atoms with Crippen molar-refractivity contribution in [1.29, 1.82) is 0 Å². The Kier molecular flexibility index (Phi) is 6.65. The fourth-order valence-electron chi connectivity index (χ4n) is 5.70. The number of halogens is 1. The van der Waals surface area contributed by atoms with Crippen LogP contribution in [0.4, 0.5) is 0 Å². The number of methoxy groups -OCH3 is 1. The van der Waals surface area contributed by atoms with Gasteiger partial charge in [-0.2, -0.15) is 0 Å². The Hall–Kier alpha value is -3.30. The molecule has 3 atom stereocenters. The van der Waals surface area contributed by atoms with Crippen molar-refractivity contribution in [3.8, 4) is 17.2 Å². The maximum atomic E-state index is 13.7. The predicted octanol–water partition coefficient (Wildman–Crippen LogP) is 3.65. The largest absolute Gasteiger partial charge is 0.493 e. The van der Waals surface area contributed by atoms with Gasteiger partial charge in [0.15, 0.2) is 11.5 Å². The van der Waals surface area contributed by atoms with Gasteiger partial charge in [0.1, 0.15) is 18.1 Å². The van der Waals surface area contributed by atoms with E-state index >= 15 is 0 Å². The number of hydrogen-bond donors (Lipinski definition) is 0. The Balaban J connectivity index is 1.32. The molecule has 1 aromatic heterocycles. The third kappa shape index (κ3) is 4.85. The standard InChI is InChI=1S/C27H30ClN5O4/c1-35-24-5-2-4-19-14-31-13-18-8-10-33(23(18)16-31)27(34)22-7-6-20(28)12-25(22)36-11-3-9-32-15-21(29-30-32)17-37-26(19)24/h2,4-7,12,15,18,23H,3,8-11,13-14,16-17H2,1H3/t18-,23+/m0/s1. The second-order valence-corrected chi connectivity index (χ2v) is 10.3. The summed E-state index contributed by atoms with van der Waals surface area (Å²) in [5, 5.41) is 9.04. The van der Waals surface area contributed by atoms with Gasteiger partial charge < -0.3 is 19.1 Å². The average Bonchev–Trinajstić information content (AvgIpc) is 3.61. The van der Waals surface area contributed by atoms with E-state index in [1.807, 2.05) is 23.2 Å². The van der Waals surface area contributed by atoms with Gasteiger partial charge in [-0.05, 0) is 36.6 Å². The highest BCUT2D eigenvalue weighted by Crippen LogP contribution is 2.37. The Morgan fingerprint density at radius 1 is 1.14 bits per heavy atom. The topological polar surface area (TPSA) is 81.9 Å². The van der Waals surface area contributed by atoms with Crippen LogP contribution in [0.2, 0.25) is 5.02 Å². The van der Waals surface area contributed by atoms with Crippen LogP contribution in [0.25, 0.3) is 0 Å². The van der Waals surface area contributed by atoms with Crippen molar-refractivity contribution in [2.45, 2.75) is 38.6 Å². The summed E-state index contributed by atoms with van der Waals surface area (Å²) in [6, 6.07) is 11.4. The van der Waals surface area contributed by atoms with Crippen molar-refractivity contribution in [3.05, 3.63) is 64.4 Å². The molecule has 4 bridgehead atoms. The molecule has 3 aliphatic heterocycles. The highest BCUT2D eigenvalue weighted by Gasteiger charge is 2.44. The summed E-state index contributed by atoms with van der Waals surface area (Å²) < 4.78 is 19.7. The molecule has 0 saturated carbocycles.